The summed E-state index contributed by atoms with van der Waals surface area (Å²) in [5.74, 6) is -2.05. The van der Waals surface area contributed by atoms with Gasteiger partial charge in [0.15, 0.2) is 0 Å². The number of imide groups is 1. The topological polar surface area (TPSA) is 83.9 Å². The molecule has 2 amide bonds. The van der Waals surface area contributed by atoms with E-state index in [2.05, 4.69) is 4.89 Å². The first-order valence-electron chi connectivity index (χ1n) is 6.44. The van der Waals surface area contributed by atoms with Crippen LogP contribution >= 0.6 is 0 Å². The van der Waals surface area contributed by atoms with E-state index in [0.29, 0.717) is 6.42 Å². The molecule has 106 valence electrons. The Hall–Kier alpha value is -2.21. The van der Waals surface area contributed by atoms with Gasteiger partial charge in [-0.15, -0.1) is 0 Å². The van der Waals surface area contributed by atoms with Gasteiger partial charge in [-0.1, -0.05) is 31.9 Å². The molecule has 0 saturated heterocycles. The fraction of sp³-hybridized carbons (Fsp3) is 0.357. The van der Waals surface area contributed by atoms with Crippen molar-refractivity contribution in [3.8, 4) is 0 Å². The third-order valence-electron chi connectivity index (χ3n) is 3.33. The minimum absolute atomic E-state index is 0.265. The van der Waals surface area contributed by atoms with Crippen molar-refractivity contribution in [1.82, 2.24) is 4.90 Å². The summed E-state index contributed by atoms with van der Waals surface area (Å²) in [6, 6.07) is 5.29. The average molecular weight is 277 g/mol. The van der Waals surface area contributed by atoms with E-state index in [0.717, 1.165) is 11.3 Å². The van der Waals surface area contributed by atoms with Gasteiger partial charge in [-0.3, -0.25) is 19.4 Å². The van der Waals surface area contributed by atoms with E-state index in [4.69, 9.17) is 5.26 Å². The minimum Gasteiger partial charge on any atom is -0.299 e. The fourth-order valence-corrected chi connectivity index (χ4v) is 2.30. The zero-order valence-electron chi connectivity index (χ0n) is 11.0. The number of carbonyl (C=O) groups excluding carboxylic acids is 3. The largest absolute Gasteiger partial charge is 0.364 e. The summed E-state index contributed by atoms with van der Waals surface area (Å²) in [5.41, 5.74) is 0.537. The second-order valence-corrected chi connectivity index (χ2v) is 4.59. The highest BCUT2D eigenvalue weighted by molar-refractivity contribution is 6.22. The molecule has 0 spiro atoms. The molecular formula is C14H15NO5. The number of carbonyl (C=O) groups is 3. The lowest BCUT2D eigenvalue weighted by atomic mass is 10.1. The first-order valence-corrected chi connectivity index (χ1v) is 6.44. The van der Waals surface area contributed by atoms with E-state index in [1.807, 2.05) is 6.92 Å². The molecule has 0 aromatic heterocycles. The molecular weight excluding hydrogens is 262 g/mol. The minimum atomic E-state index is -1.09. The summed E-state index contributed by atoms with van der Waals surface area (Å²) in [6.07, 6.45) is 1.69. The Kier molecular flexibility index (Phi) is 4.14. The average Bonchev–Trinajstić information content (AvgIpc) is 2.73. The van der Waals surface area contributed by atoms with Gasteiger partial charge in [0.2, 0.25) is 0 Å². The molecule has 0 radical (unpaired) electrons. The van der Waals surface area contributed by atoms with Crippen LogP contribution < -0.4 is 0 Å². The van der Waals surface area contributed by atoms with Gasteiger partial charge in [-0.25, -0.2) is 4.79 Å². The van der Waals surface area contributed by atoms with Crippen molar-refractivity contribution in [3.05, 3.63) is 35.4 Å². The zero-order valence-corrected chi connectivity index (χ0v) is 11.0. The lowest BCUT2D eigenvalue weighted by molar-refractivity contribution is -0.238. The summed E-state index contributed by atoms with van der Waals surface area (Å²) < 4.78 is 0. The van der Waals surface area contributed by atoms with Crippen molar-refractivity contribution in [2.24, 2.45) is 0 Å². The summed E-state index contributed by atoms with van der Waals surface area (Å²) in [6.45, 7) is 1.92. The van der Waals surface area contributed by atoms with Gasteiger partial charge in [0.1, 0.15) is 6.04 Å². The Morgan fingerprint density at radius 2 is 1.80 bits per heavy atom. The predicted octanol–water partition coefficient (Wildman–Crippen LogP) is 1.86. The Morgan fingerprint density at radius 1 is 1.25 bits per heavy atom. The van der Waals surface area contributed by atoms with Gasteiger partial charge in [0.25, 0.3) is 11.8 Å². The van der Waals surface area contributed by atoms with Crippen LogP contribution in [0.1, 0.15) is 46.9 Å². The van der Waals surface area contributed by atoms with Crippen LogP contribution in [0.4, 0.5) is 0 Å². The smallest absolute Gasteiger partial charge is 0.299 e. The number of hydrogen-bond donors (Lipinski definition) is 1. The molecule has 1 unspecified atom stereocenters. The monoisotopic (exact) mass is 277 g/mol. The Bertz CT molecular complexity index is 519. The van der Waals surface area contributed by atoms with E-state index in [1.165, 1.54) is 12.1 Å². The van der Waals surface area contributed by atoms with Crippen molar-refractivity contribution in [1.29, 1.82) is 0 Å². The van der Waals surface area contributed by atoms with Crippen LogP contribution in [-0.4, -0.2) is 34.0 Å². The molecule has 0 saturated carbocycles. The maximum atomic E-state index is 12.2. The third kappa shape index (κ3) is 2.30. The Balaban J connectivity index is 2.34. The van der Waals surface area contributed by atoms with Gasteiger partial charge >= 0.3 is 5.97 Å². The standard InChI is InChI=1S/C14H15NO5/c1-2-3-8-11(14(18)20-19)15-12(16)9-6-4-5-7-10(9)13(15)17/h4-7,11,19H,2-3,8H2,1H3. The molecule has 1 aliphatic heterocycles. The first-order chi connectivity index (χ1) is 9.61. The normalized spacial score (nSPS) is 15.2. The molecule has 0 fully saturated rings. The third-order valence-corrected chi connectivity index (χ3v) is 3.33. The van der Waals surface area contributed by atoms with Gasteiger partial charge < -0.3 is 0 Å². The van der Waals surface area contributed by atoms with Crippen LogP contribution in [0.15, 0.2) is 24.3 Å². The molecule has 0 aliphatic carbocycles. The van der Waals surface area contributed by atoms with E-state index < -0.39 is 23.8 Å². The number of fused-ring (bicyclic) bond motifs is 1. The molecule has 6 nitrogen and oxygen atoms in total. The molecule has 2 rings (SSSR count). The highest BCUT2D eigenvalue weighted by Crippen LogP contribution is 2.26. The molecule has 0 bridgehead atoms. The van der Waals surface area contributed by atoms with Crippen LogP contribution in [0.3, 0.4) is 0 Å². The zero-order chi connectivity index (χ0) is 14.7. The molecule has 1 aromatic rings. The van der Waals surface area contributed by atoms with Gasteiger partial charge in [0.05, 0.1) is 11.1 Å². The summed E-state index contributed by atoms with van der Waals surface area (Å²) in [5, 5.41) is 8.56. The van der Waals surface area contributed by atoms with Crippen molar-refractivity contribution in [2.75, 3.05) is 0 Å². The van der Waals surface area contributed by atoms with Gasteiger partial charge in [-0.2, -0.15) is 5.26 Å². The number of nitrogens with zero attached hydrogens (tertiary/aromatic N) is 1. The molecule has 1 N–H and O–H groups in total. The summed E-state index contributed by atoms with van der Waals surface area (Å²) in [7, 11) is 0. The predicted molar refractivity (Wildman–Crippen MR) is 69.0 cm³/mol. The highest BCUT2D eigenvalue weighted by atomic mass is 17.1. The van der Waals surface area contributed by atoms with Crippen LogP contribution in [0.2, 0.25) is 0 Å². The number of amides is 2. The lowest BCUT2D eigenvalue weighted by Crippen LogP contribution is -2.45. The molecule has 1 heterocycles. The van der Waals surface area contributed by atoms with Crippen LogP contribution in [0, 0.1) is 0 Å². The fourth-order valence-electron chi connectivity index (χ4n) is 2.30. The highest BCUT2D eigenvalue weighted by Gasteiger charge is 2.43. The molecule has 1 aliphatic rings. The first kappa shape index (κ1) is 14.2. The van der Waals surface area contributed by atoms with Crippen LogP contribution in [0.25, 0.3) is 0 Å². The van der Waals surface area contributed by atoms with Gasteiger partial charge in [-0.05, 0) is 18.6 Å². The second kappa shape index (κ2) is 5.83. The molecule has 20 heavy (non-hydrogen) atoms. The van der Waals surface area contributed by atoms with E-state index >= 15 is 0 Å². The number of benzene rings is 1. The molecule has 6 heteroatoms. The van der Waals surface area contributed by atoms with Gasteiger partial charge in [0, 0.05) is 0 Å². The Labute approximate surface area is 115 Å². The van der Waals surface area contributed by atoms with Crippen LogP contribution in [0.5, 0.6) is 0 Å². The molecule has 1 atom stereocenters. The van der Waals surface area contributed by atoms with E-state index in [1.54, 1.807) is 12.1 Å². The number of unbranched alkanes of at least 4 members (excludes halogenated alkanes) is 1. The van der Waals surface area contributed by atoms with Crippen molar-refractivity contribution >= 4 is 17.8 Å². The lowest BCUT2D eigenvalue weighted by Gasteiger charge is -2.22. The van der Waals surface area contributed by atoms with Crippen molar-refractivity contribution in [3.63, 3.8) is 0 Å². The quantitative estimate of drug-likeness (QED) is 0.504. The summed E-state index contributed by atoms with van der Waals surface area (Å²) >= 11 is 0. The number of hydrogen-bond acceptors (Lipinski definition) is 5. The maximum Gasteiger partial charge on any atom is 0.364 e. The molecule has 1 aromatic carbocycles. The Morgan fingerprint density at radius 3 is 2.25 bits per heavy atom. The van der Waals surface area contributed by atoms with Crippen LogP contribution in [-0.2, 0) is 9.68 Å². The second-order valence-electron chi connectivity index (χ2n) is 4.59. The van der Waals surface area contributed by atoms with E-state index in [-0.39, 0.29) is 17.5 Å². The maximum absolute atomic E-state index is 12.2. The number of rotatable bonds is 5. The van der Waals surface area contributed by atoms with E-state index in [9.17, 15) is 14.4 Å². The van der Waals surface area contributed by atoms with Crippen molar-refractivity contribution in [2.45, 2.75) is 32.2 Å². The van der Waals surface area contributed by atoms with Crippen molar-refractivity contribution < 1.29 is 24.5 Å². The summed E-state index contributed by atoms with van der Waals surface area (Å²) in [4.78, 5) is 40.7. The SMILES string of the molecule is CCCCC(C(=O)OO)N1C(=O)c2ccccc2C1=O.